The van der Waals surface area contributed by atoms with Crippen LogP contribution >= 0.6 is 0 Å². The van der Waals surface area contributed by atoms with Crippen molar-refractivity contribution in [2.75, 3.05) is 19.6 Å². The maximum Gasteiger partial charge on any atom is 0.0127 e. The summed E-state index contributed by atoms with van der Waals surface area (Å²) < 4.78 is 0. The van der Waals surface area contributed by atoms with E-state index in [0.29, 0.717) is 6.04 Å². The third kappa shape index (κ3) is 1.94. The minimum absolute atomic E-state index is 0.541. The van der Waals surface area contributed by atoms with Gasteiger partial charge in [-0.1, -0.05) is 11.6 Å². The van der Waals surface area contributed by atoms with Crippen molar-refractivity contribution in [3.05, 3.63) is 11.6 Å². The minimum Gasteiger partial charge on any atom is -0.327 e. The molecule has 2 fully saturated rings. The lowest BCUT2D eigenvalue weighted by Crippen LogP contribution is -2.28. The molecular weight excluding hydrogens is 160 g/mol. The van der Waals surface area contributed by atoms with Gasteiger partial charge in [0.15, 0.2) is 0 Å². The predicted molar refractivity (Wildman–Crippen MR) is 55.4 cm³/mol. The SMILES string of the molecule is CC(C)=CCCN1CC2C(N)C2C1. The van der Waals surface area contributed by atoms with E-state index in [-0.39, 0.29) is 0 Å². The van der Waals surface area contributed by atoms with Gasteiger partial charge in [-0.05, 0) is 32.1 Å². The number of hydrogen-bond acceptors (Lipinski definition) is 2. The highest BCUT2D eigenvalue weighted by Crippen LogP contribution is 2.43. The lowest BCUT2D eigenvalue weighted by molar-refractivity contribution is 0.303. The van der Waals surface area contributed by atoms with Crippen LogP contribution in [0, 0.1) is 11.8 Å². The zero-order chi connectivity index (χ0) is 9.42. The maximum absolute atomic E-state index is 5.87. The normalized spacial score (nSPS) is 37.3. The Bertz CT molecular complexity index is 206. The van der Waals surface area contributed by atoms with Crippen LogP contribution in [-0.4, -0.2) is 30.6 Å². The fraction of sp³-hybridized carbons (Fsp3) is 0.818. The predicted octanol–water partition coefficient (Wildman–Crippen LogP) is 1.23. The third-order valence-electron chi connectivity index (χ3n) is 3.33. The molecule has 0 aromatic rings. The largest absolute Gasteiger partial charge is 0.327 e. The third-order valence-corrected chi connectivity index (χ3v) is 3.33. The van der Waals surface area contributed by atoms with Crippen LogP contribution in [0.1, 0.15) is 20.3 Å². The minimum atomic E-state index is 0.541. The Morgan fingerprint density at radius 3 is 2.54 bits per heavy atom. The molecule has 1 saturated carbocycles. The smallest absolute Gasteiger partial charge is 0.0127 e. The molecule has 1 saturated heterocycles. The molecule has 2 nitrogen and oxygen atoms in total. The first-order valence-corrected chi connectivity index (χ1v) is 5.30. The molecule has 2 unspecified atom stereocenters. The van der Waals surface area contributed by atoms with E-state index < -0.39 is 0 Å². The van der Waals surface area contributed by atoms with Crippen molar-refractivity contribution in [3.8, 4) is 0 Å². The topological polar surface area (TPSA) is 29.3 Å². The zero-order valence-corrected chi connectivity index (χ0v) is 8.66. The van der Waals surface area contributed by atoms with Gasteiger partial charge in [-0.15, -0.1) is 0 Å². The molecule has 2 N–H and O–H groups in total. The van der Waals surface area contributed by atoms with Gasteiger partial charge < -0.3 is 10.6 Å². The number of piperidine rings is 1. The molecule has 2 atom stereocenters. The summed E-state index contributed by atoms with van der Waals surface area (Å²) in [5.74, 6) is 1.68. The Balaban J connectivity index is 1.66. The van der Waals surface area contributed by atoms with E-state index in [1.165, 1.54) is 31.6 Å². The van der Waals surface area contributed by atoms with E-state index >= 15 is 0 Å². The molecule has 13 heavy (non-hydrogen) atoms. The average Bonchev–Trinajstić information content (AvgIpc) is 2.53. The summed E-state index contributed by atoms with van der Waals surface area (Å²) in [5, 5.41) is 0. The highest BCUT2D eigenvalue weighted by molar-refractivity contribution is 5.08. The Kier molecular flexibility index (Phi) is 2.43. The van der Waals surface area contributed by atoms with E-state index in [4.69, 9.17) is 5.73 Å². The van der Waals surface area contributed by atoms with Crippen LogP contribution in [0.2, 0.25) is 0 Å². The summed E-state index contributed by atoms with van der Waals surface area (Å²) >= 11 is 0. The van der Waals surface area contributed by atoms with Crippen molar-refractivity contribution in [2.24, 2.45) is 17.6 Å². The van der Waals surface area contributed by atoms with Crippen molar-refractivity contribution in [2.45, 2.75) is 26.3 Å². The molecule has 1 aliphatic heterocycles. The summed E-state index contributed by atoms with van der Waals surface area (Å²) in [5.41, 5.74) is 7.30. The first-order valence-electron chi connectivity index (χ1n) is 5.30. The van der Waals surface area contributed by atoms with Crippen LogP contribution in [0.3, 0.4) is 0 Å². The van der Waals surface area contributed by atoms with Crippen LogP contribution in [-0.2, 0) is 0 Å². The monoisotopic (exact) mass is 180 g/mol. The molecule has 0 spiro atoms. The molecule has 0 aromatic heterocycles. The van der Waals surface area contributed by atoms with E-state index in [0.717, 1.165) is 11.8 Å². The van der Waals surface area contributed by atoms with Gasteiger partial charge in [-0.25, -0.2) is 0 Å². The van der Waals surface area contributed by atoms with Gasteiger partial charge in [-0.3, -0.25) is 0 Å². The summed E-state index contributed by atoms with van der Waals surface area (Å²) in [4.78, 5) is 2.55. The Morgan fingerprint density at radius 2 is 2.00 bits per heavy atom. The molecule has 2 rings (SSSR count). The lowest BCUT2D eigenvalue weighted by atomic mass is 10.2. The van der Waals surface area contributed by atoms with Crippen LogP contribution in [0.15, 0.2) is 11.6 Å². The number of rotatable bonds is 3. The summed E-state index contributed by atoms with van der Waals surface area (Å²) in [7, 11) is 0. The van der Waals surface area contributed by atoms with Crippen molar-refractivity contribution in [1.29, 1.82) is 0 Å². The van der Waals surface area contributed by atoms with Crippen LogP contribution in [0.25, 0.3) is 0 Å². The fourth-order valence-corrected chi connectivity index (χ4v) is 2.38. The molecule has 1 aliphatic carbocycles. The molecule has 2 aliphatic rings. The first kappa shape index (κ1) is 9.22. The number of hydrogen-bond donors (Lipinski definition) is 1. The van der Waals surface area contributed by atoms with Crippen molar-refractivity contribution >= 4 is 0 Å². The highest BCUT2D eigenvalue weighted by atomic mass is 15.2. The summed E-state index contributed by atoms with van der Waals surface area (Å²) in [6.45, 7) is 8.06. The average molecular weight is 180 g/mol. The van der Waals surface area contributed by atoms with E-state index in [1.807, 2.05) is 0 Å². The van der Waals surface area contributed by atoms with Gasteiger partial charge in [0.05, 0.1) is 0 Å². The molecule has 0 bridgehead atoms. The maximum atomic E-state index is 5.87. The molecule has 1 heterocycles. The van der Waals surface area contributed by atoms with Gasteiger partial charge >= 0.3 is 0 Å². The van der Waals surface area contributed by atoms with Crippen molar-refractivity contribution in [1.82, 2.24) is 4.90 Å². The second-order valence-electron chi connectivity index (χ2n) is 4.73. The van der Waals surface area contributed by atoms with Crippen LogP contribution < -0.4 is 5.73 Å². The van der Waals surface area contributed by atoms with Gasteiger partial charge in [-0.2, -0.15) is 0 Å². The standard InChI is InChI=1S/C11H20N2/c1-8(2)4-3-5-13-6-9-10(7-13)11(9)12/h4,9-11H,3,5-7,12H2,1-2H3. The number of nitrogens with two attached hydrogens (primary N) is 1. The number of fused-ring (bicyclic) bond motifs is 1. The Hall–Kier alpha value is -0.340. The van der Waals surface area contributed by atoms with Gasteiger partial charge in [0.2, 0.25) is 0 Å². The highest BCUT2D eigenvalue weighted by Gasteiger charge is 2.53. The van der Waals surface area contributed by atoms with Crippen LogP contribution in [0.5, 0.6) is 0 Å². The van der Waals surface area contributed by atoms with Crippen LogP contribution in [0.4, 0.5) is 0 Å². The summed E-state index contributed by atoms with van der Waals surface area (Å²) in [6.07, 6.45) is 3.53. The Labute approximate surface area is 80.8 Å². The zero-order valence-electron chi connectivity index (χ0n) is 8.66. The quantitative estimate of drug-likeness (QED) is 0.662. The van der Waals surface area contributed by atoms with Crippen molar-refractivity contribution < 1.29 is 0 Å². The van der Waals surface area contributed by atoms with E-state index in [2.05, 4.69) is 24.8 Å². The van der Waals surface area contributed by atoms with Crippen molar-refractivity contribution in [3.63, 3.8) is 0 Å². The summed E-state index contributed by atoms with van der Waals surface area (Å²) in [6, 6.07) is 0.541. The molecule has 0 aromatic carbocycles. The molecule has 74 valence electrons. The first-order chi connectivity index (χ1) is 6.18. The van der Waals surface area contributed by atoms with E-state index in [9.17, 15) is 0 Å². The molecule has 0 radical (unpaired) electrons. The Morgan fingerprint density at radius 1 is 1.38 bits per heavy atom. The molecule has 0 amide bonds. The fourth-order valence-electron chi connectivity index (χ4n) is 2.38. The van der Waals surface area contributed by atoms with E-state index in [1.54, 1.807) is 0 Å². The van der Waals surface area contributed by atoms with Gasteiger partial charge in [0.1, 0.15) is 0 Å². The lowest BCUT2D eigenvalue weighted by Gasteiger charge is -2.17. The van der Waals surface area contributed by atoms with Gasteiger partial charge in [0.25, 0.3) is 0 Å². The molecule has 2 heteroatoms. The second-order valence-corrected chi connectivity index (χ2v) is 4.73. The number of nitrogens with zero attached hydrogens (tertiary/aromatic N) is 1. The number of allylic oxidation sites excluding steroid dienone is 1. The van der Waals surface area contributed by atoms with Gasteiger partial charge in [0, 0.05) is 25.7 Å². The second kappa shape index (κ2) is 3.43. The number of likely N-dealkylation sites (tertiary alicyclic amines) is 1. The molecular formula is C11H20N2.